The Morgan fingerprint density at radius 2 is 1.96 bits per heavy atom. The van der Waals surface area contributed by atoms with Crippen molar-refractivity contribution in [3.63, 3.8) is 0 Å². The van der Waals surface area contributed by atoms with Gasteiger partial charge in [0.25, 0.3) is 0 Å². The third-order valence-electron chi connectivity index (χ3n) is 4.55. The molecule has 1 aromatic rings. The first-order chi connectivity index (χ1) is 11.9. The SMILES string of the molecule is CC(C)=NN1C(N2CCN(C)CC2)=Nc2c(F)cc(C#N)cc2C1C. The number of likely N-dealkylation sites (N-methyl/N-ethyl adjacent to an activating group) is 1. The molecule has 3 rings (SSSR count). The van der Waals surface area contributed by atoms with E-state index < -0.39 is 5.82 Å². The number of fused-ring (bicyclic) bond motifs is 1. The minimum absolute atomic E-state index is 0.195. The van der Waals surface area contributed by atoms with Crippen molar-refractivity contribution in [2.24, 2.45) is 10.1 Å². The van der Waals surface area contributed by atoms with Gasteiger partial charge in [0.05, 0.1) is 17.7 Å². The summed E-state index contributed by atoms with van der Waals surface area (Å²) < 4.78 is 14.5. The molecule has 0 saturated carbocycles. The Hall–Kier alpha value is -2.46. The number of benzene rings is 1. The number of guanidine groups is 1. The van der Waals surface area contributed by atoms with Crippen molar-refractivity contribution in [3.05, 3.63) is 29.1 Å². The molecule has 0 aliphatic carbocycles. The Bertz CT molecular complexity index is 767. The molecule has 1 aromatic carbocycles. The standard InChI is InChI=1S/C18H23FN6/c1-12(2)22-25-13(3)15-9-14(11-20)10-16(19)17(15)21-18(25)24-7-5-23(4)6-8-24/h9-10,13H,5-8H2,1-4H3. The van der Waals surface area contributed by atoms with Gasteiger partial charge in [0.15, 0.2) is 5.82 Å². The van der Waals surface area contributed by atoms with Crippen LogP contribution in [0.15, 0.2) is 22.2 Å². The van der Waals surface area contributed by atoms with Gasteiger partial charge in [-0.25, -0.2) is 14.4 Å². The second-order valence-electron chi connectivity index (χ2n) is 6.78. The third kappa shape index (κ3) is 3.35. The predicted molar refractivity (Wildman–Crippen MR) is 96.3 cm³/mol. The molecule has 2 aliphatic heterocycles. The topological polar surface area (TPSA) is 58.2 Å². The molecule has 6 nitrogen and oxygen atoms in total. The van der Waals surface area contributed by atoms with Gasteiger partial charge in [-0.15, -0.1) is 0 Å². The van der Waals surface area contributed by atoms with E-state index in [1.165, 1.54) is 6.07 Å². The van der Waals surface area contributed by atoms with Gasteiger partial charge in [-0.3, -0.25) is 0 Å². The van der Waals surface area contributed by atoms with Crippen LogP contribution in [0.4, 0.5) is 10.1 Å². The molecule has 0 radical (unpaired) electrons. The summed E-state index contributed by atoms with van der Waals surface area (Å²) in [5.41, 5.74) is 2.22. The van der Waals surface area contributed by atoms with E-state index >= 15 is 0 Å². The normalized spacial score (nSPS) is 20.6. The molecule has 0 bridgehead atoms. The molecule has 1 saturated heterocycles. The zero-order chi connectivity index (χ0) is 18.1. The minimum atomic E-state index is -0.454. The number of hydrogen-bond acceptors (Lipinski definition) is 6. The van der Waals surface area contributed by atoms with Crippen LogP contribution in [0, 0.1) is 17.1 Å². The summed E-state index contributed by atoms with van der Waals surface area (Å²) in [5.74, 6) is 0.224. The molecular weight excluding hydrogens is 319 g/mol. The number of piperazine rings is 1. The number of hydrogen-bond donors (Lipinski definition) is 0. The van der Waals surface area contributed by atoms with E-state index in [0.717, 1.165) is 31.9 Å². The molecule has 1 fully saturated rings. The molecule has 2 aliphatic rings. The summed E-state index contributed by atoms with van der Waals surface area (Å²) in [7, 11) is 2.09. The average molecular weight is 342 g/mol. The second-order valence-corrected chi connectivity index (χ2v) is 6.78. The highest BCUT2D eigenvalue weighted by Crippen LogP contribution is 2.38. The summed E-state index contributed by atoms with van der Waals surface area (Å²) in [6.07, 6.45) is 0. The quantitative estimate of drug-likeness (QED) is 0.736. The van der Waals surface area contributed by atoms with Gasteiger partial charge in [-0.2, -0.15) is 10.4 Å². The van der Waals surface area contributed by atoms with Crippen LogP contribution in [0.25, 0.3) is 0 Å². The molecule has 7 heteroatoms. The highest BCUT2D eigenvalue weighted by atomic mass is 19.1. The Labute approximate surface area is 147 Å². The Morgan fingerprint density at radius 3 is 2.56 bits per heavy atom. The van der Waals surface area contributed by atoms with Crippen LogP contribution in [-0.4, -0.2) is 59.7 Å². The summed E-state index contributed by atoms with van der Waals surface area (Å²) >= 11 is 0. The fraction of sp³-hybridized carbons (Fsp3) is 0.500. The zero-order valence-electron chi connectivity index (χ0n) is 15.1. The lowest BCUT2D eigenvalue weighted by molar-refractivity contribution is 0.186. The monoisotopic (exact) mass is 342 g/mol. The van der Waals surface area contributed by atoms with Crippen molar-refractivity contribution in [2.75, 3.05) is 33.2 Å². The lowest BCUT2D eigenvalue weighted by Crippen LogP contribution is -2.52. The van der Waals surface area contributed by atoms with E-state index in [4.69, 9.17) is 5.26 Å². The molecule has 0 aromatic heterocycles. The van der Waals surface area contributed by atoms with E-state index in [9.17, 15) is 4.39 Å². The van der Waals surface area contributed by atoms with Crippen LogP contribution in [0.1, 0.15) is 37.9 Å². The van der Waals surface area contributed by atoms with Crippen molar-refractivity contribution in [2.45, 2.75) is 26.8 Å². The van der Waals surface area contributed by atoms with Crippen LogP contribution in [0.3, 0.4) is 0 Å². The van der Waals surface area contributed by atoms with E-state index in [1.807, 2.05) is 31.8 Å². The van der Waals surface area contributed by atoms with Crippen molar-refractivity contribution in [3.8, 4) is 6.07 Å². The van der Waals surface area contributed by atoms with Crippen LogP contribution < -0.4 is 0 Å². The minimum Gasteiger partial charge on any atom is -0.338 e. The molecule has 25 heavy (non-hydrogen) atoms. The zero-order valence-corrected chi connectivity index (χ0v) is 15.1. The van der Waals surface area contributed by atoms with E-state index in [-0.39, 0.29) is 6.04 Å². The lowest BCUT2D eigenvalue weighted by Gasteiger charge is -2.41. The van der Waals surface area contributed by atoms with Crippen LogP contribution in [0.5, 0.6) is 0 Å². The lowest BCUT2D eigenvalue weighted by atomic mass is 10.0. The van der Waals surface area contributed by atoms with Crippen molar-refractivity contribution in [1.29, 1.82) is 5.26 Å². The Balaban J connectivity index is 2.10. The number of halogens is 1. The van der Waals surface area contributed by atoms with E-state index in [0.29, 0.717) is 22.8 Å². The first-order valence-electron chi connectivity index (χ1n) is 8.47. The third-order valence-corrected chi connectivity index (χ3v) is 4.55. The van der Waals surface area contributed by atoms with Gasteiger partial charge >= 0.3 is 0 Å². The van der Waals surface area contributed by atoms with Gasteiger partial charge < -0.3 is 9.80 Å². The first-order valence-corrected chi connectivity index (χ1v) is 8.47. The number of nitriles is 1. The number of rotatable bonds is 1. The molecular formula is C18H23FN6. The summed E-state index contributed by atoms with van der Waals surface area (Å²) in [5, 5.41) is 15.6. The van der Waals surface area contributed by atoms with E-state index in [1.54, 1.807) is 6.07 Å². The van der Waals surface area contributed by atoms with Gasteiger partial charge in [-0.05, 0) is 40.0 Å². The van der Waals surface area contributed by atoms with Crippen LogP contribution in [0.2, 0.25) is 0 Å². The fourth-order valence-electron chi connectivity index (χ4n) is 3.15. The van der Waals surface area contributed by atoms with Gasteiger partial charge in [0.2, 0.25) is 5.96 Å². The Morgan fingerprint density at radius 1 is 1.28 bits per heavy atom. The maximum Gasteiger partial charge on any atom is 0.223 e. The predicted octanol–water partition coefficient (Wildman–Crippen LogP) is 2.70. The van der Waals surface area contributed by atoms with Crippen molar-refractivity contribution < 1.29 is 4.39 Å². The number of nitrogens with zero attached hydrogens (tertiary/aromatic N) is 6. The highest BCUT2D eigenvalue weighted by Gasteiger charge is 2.33. The van der Waals surface area contributed by atoms with Gasteiger partial charge in [0.1, 0.15) is 5.69 Å². The maximum atomic E-state index is 14.5. The fourth-order valence-corrected chi connectivity index (χ4v) is 3.15. The Kier molecular flexibility index (Phi) is 4.73. The number of aliphatic imine (C=N–C) groups is 1. The molecule has 132 valence electrons. The smallest absolute Gasteiger partial charge is 0.223 e. The summed E-state index contributed by atoms with van der Waals surface area (Å²) in [6.45, 7) is 9.33. The second kappa shape index (κ2) is 6.81. The van der Waals surface area contributed by atoms with Crippen LogP contribution in [-0.2, 0) is 0 Å². The molecule has 0 amide bonds. The summed E-state index contributed by atoms with van der Waals surface area (Å²) in [6, 6.07) is 4.78. The van der Waals surface area contributed by atoms with Crippen molar-refractivity contribution in [1.82, 2.24) is 14.8 Å². The van der Waals surface area contributed by atoms with Gasteiger partial charge in [0, 0.05) is 37.5 Å². The average Bonchev–Trinajstić information content (AvgIpc) is 2.58. The largest absolute Gasteiger partial charge is 0.338 e. The summed E-state index contributed by atoms with van der Waals surface area (Å²) in [4.78, 5) is 9.03. The highest BCUT2D eigenvalue weighted by molar-refractivity contribution is 5.88. The van der Waals surface area contributed by atoms with Crippen LogP contribution >= 0.6 is 0 Å². The molecule has 0 spiro atoms. The first kappa shape index (κ1) is 17.4. The molecule has 1 atom stereocenters. The number of hydrazone groups is 1. The maximum absolute atomic E-state index is 14.5. The van der Waals surface area contributed by atoms with E-state index in [2.05, 4.69) is 26.9 Å². The molecule has 1 unspecified atom stereocenters. The van der Waals surface area contributed by atoms with Crippen molar-refractivity contribution >= 4 is 17.4 Å². The molecule has 2 heterocycles. The van der Waals surface area contributed by atoms with Gasteiger partial charge in [-0.1, -0.05) is 0 Å². The molecule has 0 N–H and O–H groups in total.